The van der Waals surface area contributed by atoms with E-state index in [-0.39, 0.29) is 24.1 Å². The normalized spacial score (nSPS) is 10.1. The first-order valence-electron chi connectivity index (χ1n) is 5.61. The summed E-state index contributed by atoms with van der Waals surface area (Å²) in [6.07, 6.45) is 0.765. The van der Waals surface area contributed by atoms with Crippen molar-refractivity contribution >= 4 is 34.1 Å². The van der Waals surface area contributed by atoms with Crippen molar-refractivity contribution in [3.05, 3.63) is 4.88 Å². The van der Waals surface area contributed by atoms with Gasteiger partial charge in [0.2, 0.25) is 5.91 Å². The lowest BCUT2D eigenvalue weighted by Crippen LogP contribution is -2.25. The number of nitrogens with zero attached hydrogens (tertiary/aromatic N) is 1. The van der Waals surface area contributed by atoms with Crippen LogP contribution in [-0.4, -0.2) is 29.9 Å². The van der Waals surface area contributed by atoms with Gasteiger partial charge in [0.15, 0.2) is 5.13 Å². The number of carbonyl (C=O) groups is 2. The molecule has 0 saturated heterocycles. The molecule has 1 aromatic heterocycles. The predicted octanol–water partition coefficient (Wildman–Crippen LogP) is 0.152. The van der Waals surface area contributed by atoms with E-state index in [0.717, 1.165) is 0 Å². The van der Waals surface area contributed by atoms with Crippen LogP contribution in [0.15, 0.2) is 0 Å². The van der Waals surface area contributed by atoms with E-state index in [1.165, 1.54) is 11.3 Å². The second-order valence-electron chi connectivity index (χ2n) is 3.59. The number of hydrogen-bond acceptors (Lipinski definition) is 6. The Kier molecular flexibility index (Phi) is 5.37. The molecule has 0 bridgehead atoms. The maximum atomic E-state index is 11.8. The number of nitrogen functional groups attached to an aromatic ring is 1. The summed E-state index contributed by atoms with van der Waals surface area (Å²) in [5.41, 5.74) is 10.6. The summed E-state index contributed by atoms with van der Waals surface area (Å²) < 4.78 is 0. The zero-order chi connectivity index (χ0) is 13.5. The molecule has 0 spiro atoms. The molecule has 0 aliphatic heterocycles. The second kappa shape index (κ2) is 6.80. The fourth-order valence-electron chi connectivity index (χ4n) is 1.27. The summed E-state index contributed by atoms with van der Waals surface area (Å²) in [5.74, 6) is -0.446. The van der Waals surface area contributed by atoms with Crippen molar-refractivity contribution in [2.24, 2.45) is 5.73 Å². The third kappa shape index (κ3) is 4.21. The number of nitrogens with two attached hydrogens (primary N) is 2. The second-order valence-corrected chi connectivity index (χ2v) is 4.59. The minimum Gasteiger partial charge on any atom is -0.382 e. The van der Waals surface area contributed by atoms with Gasteiger partial charge in [-0.25, -0.2) is 4.98 Å². The number of hydrogen-bond donors (Lipinski definition) is 4. The monoisotopic (exact) mass is 271 g/mol. The number of rotatable bonds is 7. The summed E-state index contributed by atoms with van der Waals surface area (Å²) >= 11 is 1.21. The highest BCUT2D eigenvalue weighted by Crippen LogP contribution is 2.24. The van der Waals surface area contributed by atoms with Crippen molar-refractivity contribution in [2.45, 2.75) is 19.8 Å². The smallest absolute Gasteiger partial charge is 0.265 e. The SMILES string of the molecule is CCNc1nc(N)c(C(=O)NCCCC(N)=O)s1. The van der Waals surface area contributed by atoms with Gasteiger partial charge in [0.1, 0.15) is 10.7 Å². The lowest BCUT2D eigenvalue weighted by molar-refractivity contribution is -0.118. The Hall–Kier alpha value is -1.83. The fourth-order valence-corrected chi connectivity index (χ4v) is 2.14. The molecule has 0 aromatic carbocycles. The van der Waals surface area contributed by atoms with E-state index in [2.05, 4.69) is 15.6 Å². The van der Waals surface area contributed by atoms with Gasteiger partial charge in [-0.15, -0.1) is 0 Å². The van der Waals surface area contributed by atoms with Crippen LogP contribution < -0.4 is 22.1 Å². The molecule has 0 aliphatic carbocycles. The summed E-state index contributed by atoms with van der Waals surface area (Å²) in [6, 6.07) is 0. The summed E-state index contributed by atoms with van der Waals surface area (Å²) in [4.78, 5) is 26.7. The molecule has 6 N–H and O–H groups in total. The van der Waals surface area contributed by atoms with Gasteiger partial charge in [-0.3, -0.25) is 9.59 Å². The Labute approximate surface area is 109 Å². The quantitative estimate of drug-likeness (QED) is 0.526. The van der Waals surface area contributed by atoms with Gasteiger partial charge in [-0.05, 0) is 13.3 Å². The predicted molar refractivity (Wildman–Crippen MR) is 71.5 cm³/mol. The lowest BCUT2D eigenvalue weighted by atomic mass is 10.3. The van der Waals surface area contributed by atoms with Gasteiger partial charge in [-0.2, -0.15) is 0 Å². The van der Waals surface area contributed by atoms with E-state index in [1.807, 2.05) is 6.92 Å². The molecular formula is C10H17N5O2S. The molecule has 2 amide bonds. The first kappa shape index (κ1) is 14.2. The Bertz CT molecular complexity index is 432. The molecule has 0 fully saturated rings. The van der Waals surface area contributed by atoms with E-state index in [0.29, 0.717) is 29.5 Å². The van der Waals surface area contributed by atoms with E-state index >= 15 is 0 Å². The van der Waals surface area contributed by atoms with E-state index in [9.17, 15) is 9.59 Å². The largest absolute Gasteiger partial charge is 0.382 e. The number of thiazole rings is 1. The number of amides is 2. The topological polar surface area (TPSA) is 123 Å². The summed E-state index contributed by atoms with van der Waals surface area (Å²) in [7, 11) is 0. The fraction of sp³-hybridized carbons (Fsp3) is 0.500. The minimum atomic E-state index is -0.379. The molecule has 0 saturated carbocycles. The summed E-state index contributed by atoms with van der Waals surface area (Å²) in [5, 5.41) is 6.28. The van der Waals surface area contributed by atoms with Crippen molar-refractivity contribution in [2.75, 3.05) is 24.1 Å². The number of anilines is 2. The average molecular weight is 271 g/mol. The zero-order valence-corrected chi connectivity index (χ0v) is 11.0. The highest BCUT2D eigenvalue weighted by atomic mass is 32.1. The van der Waals surface area contributed by atoms with E-state index in [1.54, 1.807) is 0 Å². The maximum absolute atomic E-state index is 11.8. The van der Waals surface area contributed by atoms with Crippen LogP contribution in [-0.2, 0) is 4.79 Å². The van der Waals surface area contributed by atoms with Crippen LogP contribution in [0.3, 0.4) is 0 Å². The van der Waals surface area contributed by atoms with E-state index < -0.39 is 0 Å². The molecule has 100 valence electrons. The molecule has 0 unspecified atom stereocenters. The highest BCUT2D eigenvalue weighted by molar-refractivity contribution is 7.18. The Morgan fingerprint density at radius 3 is 2.78 bits per heavy atom. The molecule has 1 rings (SSSR count). The number of primary amides is 1. The lowest BCUT2D eigenvalue weighted by Gasteiger charge is -2.02. The van der Waals surface area contributed by atoms with Crippen molar-refractivity contribution < 1.29 is 9.59 Å². The van der Waals surface area contributed by atoms with Crippen LogP contribution in [0.5, 0.6) is 0 Å². The van der Waals surface area contributed by atoms with Crippen LogP contribution in [0.1, 0.15) is 29.4 Å². The highest BCUT2D eigenvalue weighted by Gasteiger charge is 2.15. The zero-order valence-electron chi connectivity index (χ0n) is 10.2. The van der Waals surface area contributed by atoms with Gasteiger partial charge in [0.25, 0.3) is 5.91 Å². The summed E-state index contributed by atoms with van der Waals surface area (Å²) in [6.45, 7) is 3.03. The van der Waals surface area contributed by atoms with Gasteiger partial charge in [0.05, 0.1) is 0 Å². The Balaban J connectivity index is 2.48. The van der Waals surface area contributed by atoms with Crippen LogP contribution >= 0.6 is 11.3 Å². The van der Waals surface area contributed by atoms with Crippen molar-refractivity contribution in [3.63, 3.8) is 0 Å². The third-order valence-electron chi connectivity index (χ3n) is 2.07. The first-order chi connectivity index (χ1) is 8.54. The molecule has 18 heavy (non-hydrogen) atoms. The third-order valence-corrected chi connectivity index (χ3v) is 3.10. The molecular weight excluding hydrogens is 254 g/mol. The molecule has 7 nitrogen and oxygen atoms in total. The Morgan fingerprint density at radius 1 is 1.44 bits per heavy atom. The van der Waals surface area contributed by atoms with Gasteiger partial charge >= 0.3 is 0 Å². The van der Waals surface area contributed by atoms with Crippen molar-refractivity contribution in [3.8, 4) is 0 Å². The van der Waals surface area contributed by atoms with Crippen molar-refractivity contribution in [1.82, 2.24) is 10.3 Å². The standard InChI is InChI=1S/C10H17N5O2S/c1-2-13-10-15-8(12)7(18-10)9(17)14-5-3-4-6(11)16/h2-5,12H2,1H3,(H2,11,16)(H,13,15)(H,14,17). The van der Waals surface area contributed by atoms with Gasteiger partial charge < -0.3 is 22.1 Å². The van der Waals surface area contributed by atoms with Gasteiger partial charge in [0, 0.05) is 19.5 Å². The van der Waals surface area contributed by atoms with Crippen LogP contribution in [0.25, 0.3) is 0 Å². The molecule has 1 heterocycles. The molecule has 0 aliphatic rings. The average Bonchev–Trinajstić information content (AvgIpc) is 2.66. The first-order valence-corrected chi connectivity index (χ1v) is 6.43. The molecule has 1 aromatic rings. The number of carbonyl (C=O) groups excluding carboxylic acids is 2. The molecule has 0 atom stereocenters. The Morgan fingerprint density at radius 2 is 2.17 bits per heavy atom. The van der Waals surface area contributed by atoms with Crippen LogP contribution in [0.4, 0.5) is 10.9 Å². The number of nitrogens with one attached hydrogen (secondary N) is 2. The number of aromatic nitrogens is 1. The van der Waals surface area contributed by atoms with Gasteiger partial charge in [-0.1, -0.05) is 11.3 Å². The minimum absolute atomic E-state index is 0.211. The van der Waals surface area contributed by atoms with Crippen LogP contribution in [0.2, 0.25) is 0 Å². The van der Waals surface area contributed by atoms with Crippen LogP contribution in [0, 0.1) is 0 Å². The molecule has 8 heteroatoms. The molecule has 0 radical (unpaired) electrons. The van der Waals surface area contributed by atoms with Crippen molar-refractivity contribution in [1.29, 1.82) is 0 Å². The maximum Gasteiger partial charge on any atom is 0.265 e. The van der Waals surface area contributed by atoms with E-state index in [4.69, 9.17) is 11.5 Å².